The summed E-state index contributed by atoms with van der Waals surface area (Å²) in [5.74, 6) is -0.843. The summed E-state index contributed by atoms with van der Waals surface area (Å²) in [7, 11) is 0. The van der Waals surface area contributed by atoms with Crippen LogP contribution in [-0.2, 0) is 9.59 Å². The second kappa shape index (κ2) is 10.3. The highest BCUT2D eigenvalue weighted by atomic mass is 35.5. The van der Waals surface area contributed by atoms with Gasteiger partial charge in [-0.05, 0) is 37.3 Å². The number of nitrogens with two attached hydrogens (primary N) is 1. The van der Waals surface area contributed by atoms with Crippen molar-refractivity contribution in [1.82, 2.24) is 10.2 Å². The number of rotatable bonds is 6. The van der Waals surface area contributed by atoms with Gasteiger partial charge >= 0.3 is 0 Å². The topological polar surface area (TPSA) is 105 Å². The van der Waals surface area contributed by atoms with Gasteiger partial charge < -0.3 is 21.3 Å². The molecule has 1 aromatic carbocycles. The second-order valence-corrected chi connectivity index (χ2v) is 7.03. The van der Waals surface area contributed by atoms with Gasteiger partial charge in [-0.15, -0.1) is 12.4 Å². The van der Waals surface area contributed by atoms with Gasteiger partial charge in [-0.3, -0.25) is 14.4 Å². The third kappa shape index (κ3) is 5.94. The summed E-state index contributed by atoms with van der Waals surface area (Å²) in [6.07, 6.45) is 2.00. The van der Waals surface area contributed by atoms with Crippen LogP contribution < -0.4 is 16.4 Å². The molecule has 0 radical (unpaired) electrons. The number of likely N-dealkylation sites (tertiary alicyclic amines) is 1. The summed E-state index contributed by atoms with van der Waals surface area (Å²) in [6, 6.07) is 4.69. The average molecular weight is 397 g/mol. The van der Waals surface area contributed by atoms with Crippen molar-refractivity contribution in [1.29, 1.82) is 0 Å². The van der Waals surface area contributed by atoms with Crippen molar-refractivity contribution in [2.45, 2.75) is 39.7 Å². The SMILES string of the molecule is Cc1cccc(NC(=O)CNC(=O)[C@@H](N)C(C)C)c1C(=O)N1CCCC1.Cl. The largest absolute Gasteiger partial charge is 0.346 e. The number of aryl methyl sites for hydroxylation is 1. The zero-order valence-corrected chi connectivity index (χ0v) is 16.9. The fourth-order valence-corrected chi connectivity index (χ4v) is 2.92. The van der Waals surface area contributed by atoms with Crippen LogP contribution in [0.3, 0.4) is 0 Å². The van der Waals surface area contributed by atoms with E-state index in [-0.39, 0.29) is 36.7 Å². The summed E-state index contributed by atoms with van der Waals surface area (Å²) >= 11 is 0. The molecular weight excluding hydrogens is 368 g/mol. The van der Waals surface area contributed by atoms with Crippen LogP contribution in [0.15, 0.2) is 18.2 Å². The number of amides is 3. The van der Waals surface area contributed by atoms with Gasteiger partial charge in [0.05, 0.1) is 23.8 Å². The fourth-order valence-electron chi connectivity index (χ4n) is 2.92. The maximum absolute atomic E-state index is 12.8. The van der Waals surface area contributed by atoms with Crippen LogP contribution in [0, 0.1) is 12.8 Å². The summed E-state index contributed by atoms with van der Waals surface area (Å²) in [5.41, 5.74) is 7.54. The van der Waals surface area contributed by atoms with E-state index in [2.05, 4.69) is 10.6 Å². The van der Waals surface area contributed by atoms with Crippen LogP contribution >= 0.6 is 12.4 Å². The molecule has 4 N–H and O–H groups in total. The lowest BCUT2D eigenvalue weighted by Gasteiger charge is -2.20. The zero-order chi connectivity index (χ0) is 19.3. The Balaban J connectivity index is 0.00000364. The molecule has 3 amide bonds. The zero-order valence-electron chi connectivity index (χ0n) is 16.1. The van der Waals surface area contributed by atoms with E-state index in [9.17, 15) is 14.4 Å². The Morgan fingerprint density at radius 3 is 2.41 bits per heavy atom. The Labute approximate surface area is 166 Å². The molecule has 1 aliphatic rings. The van der Waals surface area contributed by atoms with Gasteiger partial charge in [0.15, 0.2) is 0 Å². The molecule has 1 atom stereocenters. The van der Waals surface area contributed by atoms with Crippen LogP contribution in [0.2, 0.25) is 0 Å². The van der Waals surface area contributed by atoms with Crippen molar-refractivity contribution in [3.8, 4) is 0 Å². The van der Waals surface area contributed by atoms with Crippen molar-refractivity contribution in [2.24, 2.45) is 11.7 Å². The molecule has 0 unspecified atom stereocenters. The van der Waals surface area contributed by atoms with E-state index in [0.717, 1.165) is 31.5 Å². The predicted molar refractivity (Wildman–Crippen MR) is 108 cm³/mol. The van der Waals surface area contributed by atoms with Gasteiger partial charge in [0, 0.05) is 13.1 Å². The summed E-state index contributed by atoms with van der Waals surface area (Å²) in [6.45, 7) is 6.82. The quantitative estimate of drug-likeness (QED) is 0.680. The highest BCUT2D eigenvalue weighted by Gasteiger charge is 2.24. The van der Waals surface area contributed by atoms with Crippen LogP contribution in [0.25, 0.3) is 0 Å². The van der Waals surface area contributed by atoms with Gasteiger partial charge in [0.1, 0.15) is 0 Å². The molecule has 0 aromatic heterocycles. The van der Waals surface area contributed by atoms with Gasteiger partial charge in [0.2, 0.25) is 11.8 Å². The van der Waals surface area contributed by atoms with Crippen molar-refractivity contribution in [2.75, 3.05) is 25.0 Å². The molecule has 0 spiro atoms. The molecular formula is C19H29ClN4O3. The van der Waals surface area contributed by atoms with E-state index in [1.165, 1.54) is 0 Å². The number of carbonyl (C=O) groups is 3. The number of nitrogens with one attached hydrogen (secondary N) is 2. The average Bonchev–Trinajstić information content (AvgIpc) is 3.13. The monoisotopic (exact) mass is 396 g/mol. The minimum atomic E-state index is -0.658. The van der Waals surface area contributed by atoms with Crippen molar-refractivity contribution < 1.29 is 14.4 Å². The van der Waals surface area contributed by atoms with Crippen LogP contribution in [0.5, 0.6) is 0 Å². The lowest BCUT2D eigenvalue weighted by molar-refractivity contribution is -0.125. The van der Waals surface area contributed by atoms with Crippen molar-refractivity contribution >= 4 is 35.8 Å². The molecule has 1 fully saturated rings. The summed E-state index contributed by atoms with van der Waals surface area (Å²) < 4.78 is 0. The van der Waals surface area contributed by atoms with Gasteiger partial charge in [-0.1, -0.05) is 26.0 Å². The first kappa shape index (κ1) is 22.9. The lowest BCUT2D eigenvalue weighted by Crippen LogP contribution is -2.46. The minimum absolute atomic E-state index is 0. The van der Waals surface area contributed by atoms with Gasteiger partial charge in [-0.25, -0.2) is 0 Å². The van der Waals surface area contributed by atoms with E-state index in [1.54, 1.807) is 17.0 Å². The molecule has 0 bridgehead atoms. The number of nitrogens with zero attached hydrogens (tertiary/aromatic N) is 1. The molecule has 150 valence electrons. The molecule has 8 heteroatoms. The molecule has 1 aliphatic heterocycles. The van der Waals surface area contributed by atoms with Gasteiger partial charge in [0.25, 0.3) is 5.91 Å². The molecule has 27 heavy (non-hydrogen) atoms. The molecule has 1 saturated heterocycles. The maximum atomic E-state index is 12.8. The van der Waals surface area contributed by atoms with E-state index >= 15 is 0 Å². The Morgan fingerprint density at radius 2 is 1.81 bits per heavy atom. The Kier molecular flexibility index (Phi) is 8.72. The maximum Gasteiger partial charge on any atom is 0.256 e. The Morgan fingerprint density at radius 1 is 1.19 bits per heavy atom. The molecule has 0 saturated carbocycles. The normalized spacial score (nSPS) is 14.5. The molecule has 2 rings (SSSR count). The highest BCUT2D eigenvalue weighted by molar-refractivity contribution is 6.05. The third-order valence-corrected chi connectivity index (χ3v) is 4.60. The number of benzene rings is 1. The van der Waals surface area contributed by atoms with Gasteiger partial charge in [-0.2, -0.15) is 0 Å². The number of carbonyl (C=O) groups excluding carboxylic acids is 3. The first-order chi connectivity index (χ1) is 12.3. The number of halogens is 1. The van der Waals surface area contributed by atoms with Crippen LogP contribution in [-0.4, -0.2) is 48.3 Å². The Hall–Kier alpha value is -2.12. The fraction of sp³-hybridized carbons (Fsp3) is 0.526. The summed E-state index contributed by atoms with van der Waals surface area (Å²) in [4.78, 5) is 38.7. The third-order valence-electron chi connectivity index (χ3n) is 4.60. The van der Waals surface area contributed by atoms with E-state index in [0.29, 0.717) is 11.3 Å². The molecule has 1 aromatic rings. The lowest BCUT2D eigenvalue weighted by atomic mass is 10.0. The first-order valence-electron chi connectivity index (χ1n) is 9.03. The predicted octanol–water partition coefficient (Wildman–Crippen LogP) is 1.69. The highest BCUT2D eigenvalue weighted by Crippen LogP contribution is 2.23. The van der Waals surface area contributed by atoms with E-state index in [1.807, 2.05) is 26.8 Å². The van der Waals surface area contributed by atoms with Crippen LogP contribution in [0.1, 0.15) is 42.6 Å². The molecule has 1 heterocycles. The van der Waals surface area contributed by atoms with E-state index < -0.39 is 11.9 Å². The van der Waals surface area contributed by atoms with Crippen molar-refractivity contribution in [3.05, 3.63) is 29.3 Å². The molecule has 0 aliphatic carbocycles. The summed E-state index contributed by atoms with van der Waals surface area (Å²) in [5, 5.41) is 5.27. The standard InChI is InChI=1S/C19H28N4O3.ClH/c1-12(2)17(20)18(25)21-11-15(24)22-14-8-6-7-13(3)16(14)19(26)23-9-4-5-10-23;/h6-8,12,17H,4-5,9-11,20H2,1-3H3,(H,21,25)(H,22,24);1H/t17-;/m0./s1. The number of hydrogen-bond donors (Lipinski definition) is 3. The molecule has 7 nitrogen and oxygen atoms in total. The van der Waals surface area contributed by atoms with Crippen molar-refractivity contribution in [3.63, 3.8) is 0 Å². The number of hydrogen-bond acceptors (Lipinski definition) is 4. The minimum Gasteiger partial charge on any atom is -0.346 e. The number of anilines is 1. The second-order valence-electron chi connectivity index (χ2n) is 7.03. The Bertz CT molecular complexity index is 688. The van der Waals surface area contributed by atoms with E-state index in [4.69, 9.17) is 5.73 Å². The van der Waals surface area contributed by atoms with Crippen LogP contribution in [0.4, 0.5) is 5.69 Å². The smallest absolute Gasteiger partial charge is 0.256 e. The first-order valence-corrected chi connectivity index (χ1v) is 9.03.